The van der Waals surface area contributed by atoms with E-state index in [1.165, 1.54) is 49.7 Å². The number of aryl methyl sites for hydroxylation is 1. The van der Waals surface area contributed by atoms with Gasteiger partial charge in [0.15, 0.2) is 0 Å². The van der Waals surface area contributed by atoms with Crippen LogP contribution in [-0.2, 0) is 0 Å². The van der Waals surface area contributed by atoms with Gasteiger partial charge >= 0.3 is 0 Å². The zero-order chi connectivity index (χ0) is 19.6. The van der Waals surface area contributed by atoms with Crippen molar-refractivity contribution < 1.29 is 0 Å². The van der Waals surface area contributed by atoms with E-state index in [-0.39, 0.29) is 0 Å². The highest BCUT2D eigenvalue weighted by Gasteiger charge is 2.08. The van der Waals surface area contributed by atoms with E-state index in [0.717, 1.165) is 0 Å². The molecular formula is C29H22. The molecule has 0 atom stereocenters. The van der Waals surface area contributed by atoms with Crippen molar-refractivity contribution in [2.24, 2.45) is 0 Å². The van der Waals surface area contributed by atoms with Gasteiger partial charge in [-0.25, -0.2) is 0 Å². The third-order valence-corrected chi connectivity index (χ3v) is 5.51. The van der Waals surface area contributed by atoms with Crippen molar-refractivity contribution in [2.45, 2.75) is 6.92 Å². The van der Waals surface area contributed by atoms with Crippen molar-refractivity contribution in [1.82, 2.24) is 0 Å². The van der Waals surface area contributed by atoms with E-state index in [1.54, 1.807) is 0 Å². The van der Waals surface area contributed by atoms with Crippen molar-refractivity contribution in [1.29, 1.82) is 0 Å². The fourth-order valence-corrected chi connectivity index (χ4v) is 3.87. The Balaban J connectivity index is 1.71. The molecular weight excluding hydrogens is 348 g/mol. The lowest BCUT2D eigenvalue weighted by atomic mass is 9.92. The van der Waals surface area contributed by atoms with E-state index in [9.17, 15) is 0 Å². The molecule has 0 aliphatic carbocycles. The molecule has 0 saturated carbocycles. The minimum absolute atomic E-state index is 1.24. The molecule has 0 amide bonds. The predicted molar refractivity (Wildman–Crippen MR) is 125 cm³/mol. The van der Waals surface area contributed by atoms with Crippen LogP contribution in [0.4, 0.5) is 0 Å². The fraction of sp³-hybridized carbons (Fsp3) is 0.0345. The average molecular weight is 370 g/mol. The first-order valence-electron chi connectivity index (χ1n) is 10.0. The lowest BCUT2D eigenvalue weighted by Crippen LogP contribution is -1.86. The second kappa shape index (κ2) is 7.41. The molecule has 0 heterocycles. The average Bonchev–Trinajstić information content (AvgIpc) is 2.79. The third kappa shape index (κ3) is 3.58. The summed E-state index contributed by atoms with van der Waals surface area (Å²) in [6.45, 7) is 2.13. The lowest BCUT2D eigenvalue weighted by Gasteiger charge is -2.12. The number of fused-ring (bicyclic) bond motifs is 1. The monoisotopic (exact) mass is 370 g/mol. The predicted octanol–water partition coefficient (Wildman–Crippen LogP) is 8.15. The summed E-state index contributed by atoms with van der Waals surface area (Å²) in [6.07, 6.45) is 0. The molecule has 138 valence electrons. The molecule has 0 radical (unpaired) electrons. The van der Waals surface area contributed by atoms with Gasteiger partial charge in [-0.05, 0) is 75.3 Å². The molecule has 5 aromatic carbocycles. The maximum absolute atomic E-state index is 2.31. The van der Waals surface area contributed by atoms with Gasteiger partial charge in [-0.1, -0.05) is 96.6 Å². The summed E-state index contributed by atoms with van der Waals surface area (Å²) in [5, 5.41) is 2.54. The van der Waals surface area contributed by atoms with Crippen molar-refractivity contribution in [3.8, 4) is 33.4 Å². The highest BCUT2D eigenvalue weighted by Crippen LogP contribution is 2.34. The molecule has 0 aliphatic rings. The molecule has 0 fully saturated rings. The van der Waals surface area contributed by atoms with Crippen LogP contribution in [0.5, 0.6) is 0 Å². The van der Waals surface area contributed by atoms with E-state index in [4.69, 9.17) is 0 Å². The summed E-state index contributed by atoms with van der Waals surface area (Å²) in [6, 6.07) is 41.6. The molecule has 5 rings (SSSR count). The Morgan fingerprint density at radius 2 is 0.862 bits per heavy atom. The van der Waals surface area contributed by atoms with Crippen molar-refractivity contribution >= 4 is 10.8 Å². The van der Waals surface area contributed by atoms with Crippen LogP contribution < -0.4 is 0 Å². The topological polar surface area (TPSA) is 0 Å². The Kier molecular flexibility index (Phi) is 4.46. The number of hydrogen-bond acceptors (Lipinski definition) is 0. The molecule has 0 saturated heterocycles. The van der Waals surface area contributed by atoms with Crippen LogP contribution in [-0.4, -0.2) is 0 Å². The molecule has 0 nitrogen and oxygen atoms in total. The second-order valence-corrected chi connectivity index (χ2v) is 7.59. The zero-order valence-electron chi connectivity index (χ0n) is 16.5. The molecule has 0 spiro atoms. The van der Waals surface area contributed by atoms with Gasteiger partial charge in [-0.15, -0.1) is 0 Å². The fourth-order valence-electron chi connectivity index (χ4n) is 3.87. The molecule has 0 bridgehead atoms. The van der Waals surface area contributed by atoms with Crippen molar-refractivity contribution in [2.75, 3.05) is 0 Å². The van der Waals surface area contributed by atoms with Gasteiger partial charge in [0.25, 0.3) is 0 Å². The first-order valence-corrected chi connectivity index (χ1v) is 10.0. The number of hydrogen-bond donors (Lipinski definition) is 0. The molecule has 0 heteroatoms. The van der Waals surface area contributed by atoms with Crippen LogP contribution in [0.2, 0.25) is 0 Å². The summed E-state index contributed by atoms with van der Waals surface area (Å²) in [5.41, 5.74) is 8.74. The highest BCUT2D eigenvalue weighted by atomic mass is 14.1. The van der Waals surface area contributed by atoms with E-state index in [0.29, 0.717) is 0 Å². The minimum Gasteiger partial charge on any atom is -0.0622 e. The first-order chi connectivity index (χ1) is 14.3. The van der Waals surface area contributed by atoms with Crippen LogP contribution in [0.25, 0.3) is 44.2 Å². The SMILES string of the molecule is Cc1ccc(-c2cc(-c3ccccc3)cc(-c3ccc4ccccc4c3)c2)cc1. The van der Waals surface area contributed by atoms with E-state index in [1.807, 2.05) is 0 Å². The Morgan fingerprint density at radius 3 is 1.55 bits per heavy atom. The van der Waals surface area contributed by atoms with Gasteiger partial charge < -0.3 is 0 Å². The van der Waals surface area contributed by atoms with Crippen LogP contribution in [0.3, 0.4) is 0 Å². The molecule has 0 aromatic heterocycles. The summed E-state index contributed by atoms with van der Waals surface area (Å²) in [4.78, 5) is 0. The highest BCUT2D eigenvalue weighted by molar-refractivity contribution is 5.89. The van der Waals surface area contributed by atoms with Crippen molar-refractivity contribution in [3.05, 3.63) is 121 Å². The van der Waals surface area contributed by atoms with Gasteiger partial charge in [0.2, 0.25) is 0 Å². The largest absolute Gasteiger partial charge is 0.0622 e. The van der Waals surface area contributed by atoms with Crippen LogP contribution >= 0.6 is 0 Å². The first kappa shape index (κ1) is 17.5. The van der Waals surface area contributed by atoms with Gasteiger partial charge in [0, 0.05) is 0 Å². The molecule has 5 aromatic rings. The Hall–Kier alpha value is -3.64. The maximum Gasteiger partial charge on any atom is -0.0171 e. The lowest BCUT2D eigenvalue weighted by molar-refractivity contribution is 1.47. The summed E-state index contributed by atoms with van der Waals surface area (Å²) >= 11 is 0. The second-order valence-electron chi connectivity index (χ2n) is 7.59. The summed E-state index contributed by atoms with van der Waals surface area (Å²) in [5.74, 6) is 0. The quantitative estimate of drug-likeness (QED) is 0.300. The number of benzene rings is 5. The molecule has 29 heavy (non-hydrogen) atoms. The van der Waals surface area contributed by atoms with E-state index in [2.05, 4.69) is 122 Å². The Bertz CT molecular complexity index is 1280. The molecule has 0 aliphatic heterocycles. The molecule has 0 N–H and O–H groups in total. The van der Waals surface area contributed by atoms with Gasteiger partial charge in [-0.3, -0.25) is 0 Å². The van der Waals surface area contributed by atoms with Gasteiger partial charge in [0.1, 0.15) is 0 Å². The minimum atomic E-state index is 1.24. The van der Waals surface area contributed by atoms with Crippen LogP contribution in [0.1, 0.15) is 5.56 Å². The Morgan fingerprint density at radius 1 is 0.345 bits per heavy atom. The van der Waals surface area contributed by atoms with Crippen molar-refractivity contribution in [3.63, 3.8) is 0 Å². The standard InChI is InChI=1S/C29H22/c1-21-11-13-24(14-12-21)28-18-27(22-7-3-2-4-8-22)19-29(20-28)26-16-15-23-9-5-6-10-25(23)17-26/h2-20H,1H3. The van der Waals surface area contributed by atoms with E-state index < -0.39 is 0 Å². The summed E-state index contributed by atoms with van der Waals surface area (Å²) in [7, 11) is 0. The van der Waals surface area contributed by atoms with E-state index >= 15 is 0 Å². The zero-order valence-corrected chi connectivity index (χ0v) is 16.5. The van der Waals surface area contributed by atoms with Crippen LogP contribution in [0, 0.1) is 6.92 Å². The Labute approximate surface area is 172 Å². The smallest absolute Gasteiger partial charge is 0.0171 e. The molecule has 0 unspecified atom stereocenters. The summed E-state index contributed by atoms with van der Waals surface area (Å²) < 4.78 is 0. The number of rotatable bonds is 3. The normalized spacial score (nSPS) is 10.9. The third-order valence-electron chi connectivity index (χ3n) is 5.51. The van der Waals surface area contributed by atoms with Crippen LogP contribution in [0.15, 0.2) is 115 Å². The van der Waals surface area contributed by atoms with Gasteiger partial charge in [-0.2, -0.15) is 0 Å². The maximum atomic E-state index is 2.31. The van der Waals surface area contributed by atoms with Gasteiger partial charge in [0.05, 0.1) is 0 Å².